The summed E-state index contributed by atoms with van der Waals surface area (Å²) in [6.07, 6.45) is 4.92. The molecule has 1 aliphatic rings. The summed E-state index contributed by atoms with van der Waals surface area (Å²) in [4.78, 5) is 16.4. The van der Waals surface area contributed by atoms with Gasteiger partial charge in [-0.2, -0.15) is 0 Å². The predicted octanol–water partition coefficient (Wildman–Crippen LogP) is 3.12. The molecule has 1 aliphatic carbocycles. The Labute approximate surface area is 142 Å². The first-order valence-corrected chi connectivity index (χ1v) is 8.32. The Morgan fingerprint density at radius 3 is 2.92 bits per heavy atom. The molecule has 2 N–H and O–H groups in total. The van der Waals surface area contributed by atoms with Crippen molar-refractivity contribution in [3.63, 3.8) is 0 Å². The normalized spacial score (nSPS) is 19.9. The second-order valence-electron chi connectivity index (χ2n) is 6.11. The number of carbonyl (C=O) groups excluding carboxylic acids is 1. The molecule has 0 unspecified atom stereocenters. The highest BCUT2D eigenvalue weighted by atomic mass is 16.5. The number of hydrogen-bond acceptors (Lipinski definition) is 3. The van der Waals surface area contributed by atoms with E-state index >= 15 is 0 Å². The van der Waals surface area contributed by atoms with Crippen LogP contribution in [0.5, 0.6) is 0 Å². The van der Waals surface area contributed by atoms with Crippen LogP contribution in [0.4, 0.5) is 4.79 Å². The van der Waals surface area contributed by atoms with Crippen LogP contribution in [-0.2, 0) is 11.3 Å². The van der Waals surface area contributed by atoms with Crippen molar-refractivity contribution in [2.24, 2.45) is 0 Å². The summed E-state index contributed by atoms with van der Waals surface area (Å²) >= 11 is 0. The van der Waals surface area contributed by atoms with Crippen molar-refractivity contribution in [2.45, 2.75) is 38.0 Å². The maximum atomic E-state index is 12.0. The van der Waals surface area contributed by atoms with Crippen LogP contribution in [0, 0.1) is 0 Å². The van der Waals surface area contributed by atoms with Crippen molar-refractivity contribution in [1.29, 1.82) is 0 Å². The minimum atomic E-state index is -0.125. The number of aromatic nitrogens is 1. The topological polar surface area (TPSA) is 63.2 Å². The van der Waals surface area contributed by atoms with Gasteiger partial charge >= 0.3 is 6.03 Å². The van der Waals surface area contributed by atoms with E-state index in [2.05, 4.69) is 21.7 Å². The van der Waals surface area contributed by atoms with Crippen molar-refractivity contribution in [2.75, 3.05) is 7.11 Å². The number of amides is 2. The van der Waals surface area contributed by atoms with Crippen LogP contribution in [0.3, 0.4) is 0 Å². The average molecular weight is 325 g/mol. The van der Waals surface area contributed by atoms with Gasteiger partial charge in [-0.1, -0.05) is 24.3 Å². The van der Waals surface area contributed by atoms with Gasteiger partial charge < -0.3 is 15.4 Å². The molecule has 24 heavy (non-hydrogen) atoms. The Morgan fingerprint density at radius 2 is 2.17 bits per heavy atom. The molecule has 0 spiro atoms. The summed E-state index contributed by atoms with van der Waals surface area (Å²) in [6, 6.07) is 14.0. The van der Waals surface area contributed by atoms with Crippen LogP contribution in [0.2, 0.25) is 0 Å². The second-order valence-corrected chi connectivity index (χ2v) is 6.11. The van der Waals surface area contributed by atoms with Crippen LogP contribution in [-0.4, -0.2) is 30.3 Å². The molecule has 0 aliphatic heterocycles. The molecule has 1 heterocycles. The molecule has 2 aromatic rings. The van der Waals surface area contributed by atoms with Gasteiger partial charge in [-0.05, 0) is 43.0 Å². The molecule has 5 heteroatoms. The van der Waals surface area contributed by atoms with Crippen LogP contribution in [0.25, 0.3) is 11.3 Å². The predicted molar refractivity (Wildman–Crippen MR) is 93.5 cm³/mol. The van der Waals surface area contributed by atoms with Crippen molar-refractivity contribution >= 4 is 6.03 Å². The highest BCUT2D eigenvalue weighted by Crippen LogP contribution is 2.21. The van der Waals surface area contributed by atoms with Crippen molar-refractivity contribution in [1.82, 2.24) is 15.6 Å². The summed E-state index contributed by atoms with van der Waals surface area (Å²) in [5, 5.41) is 5.94. The van der Waals surface area contributed by atoms with Crippen molar-refractivity contribution in [3.05, 3.63) is 54.2 Å². The Bertz CT molecular complexity index is 675. The molecular weight excluding hydrogens is 302 g/mol. The minimum absolute atomic E-state index is 0.125. The third-order valence-corrected chi connectivity index (χ3v) is 4.39. The SMILES string of the molecule is CO[C@H]1CC[C@H](NC(=O)NCc2cccc(-c3ccccn3)c2)C1. The third-order valence-electron chi connectivity index (χ3n) is 4.39. The van der Waals surface area contributed by atoms with E-state index in [0.29, 0.717) is 6.54 Å². The number of benzene rings is 1. The fraction of sp³-hybridized carbons (Fsp3) is 0.368. The van der Waals surface area contributed by atoms with Gasteiger partial charge in [-0.25, -0.2) is 4.79 Å². The van der Waals surface area contributed by atoms with Crippen LogP contribution in [0.1, 0.15) is 24.8 Å². The largest absolute Gasteiger partial charge is 0.381 e. The maximum absolute atomic E-state index is 12.0. The van der Waals surface area contributed by atoms with E-state index in [1.807, 2.05) is 36.4 Å². The minimum Gasteiger partial charge on any atom is -0.381 e. The number of urea groups is 1. The molecule has 5 nitrogen and oxygen atoms in total. The summed E-state index contributed by atoms with van der Waals surface area (Å²) in [5.74, 6) is 0. The third kappa shape index (κ3) is 4.32. The number of methoxy groups -OCH3 is 1. The number of nitrogens with one attached hydrogen (secondary N) is 2. The fourth-order valence-electron chi connectivity index (χ4n) is 3.08. The zero-order valence-corrected chi connectivity index (χ0v) is 13.9. The molecule has 2 atom stereocenters. The lowest BCUT2D eigenvalue weighted by atomic mass is 10.1. The lowest BCUT2D eigenvalue weighted by Crippen LogP contribution is -2.40. The lowest BCUT2D eigenvalue weighted by molar-refractivity contribution is 0.107. The van der Waals surface area contributed by atoms with Crippen molar-refractivity contribution < 1.29 is 9.53 Å². The number of pyridine rings is 1. The summed E-state index contributed by atoms with van der Waals surface area (Å²) < 4.78 is 5.33. The summed E-state index contributed by atoms with van der Waals surface area (Å²) in [7, 11) is 1.72. The number of carbonyl (C=O) groups is 1. The molecule has 1 fully saturated rings. The number of rotatable bonds is 5. The van der Waals surface area contributed by atoms with E-state index < -0.39 is 0 Å². The van der Waals surface area contributed by atoms with Gasteiger partial charge in [0.15, 0.2) is 0 Å². The van der Waals surface area contributed by atoms with E-state index in [4.69, 9.17) is 4.74 Å². The molecule has 0 radical (unpaired) electrons. The van der Waals surface area contributed by atoms with Gasteiger partial charge in [0, 0.05) is 31.5 Å². The quantitative estimate of drug-likeness (QED) is 0.888. The highest BCUT2D eigenvalue weighted by molar-refractivity contribution is 5.74. The molecule has 1 aromatic carbocycles. The van der Waals surface area contributed by atoms with E-state index in [-0.39, 0.29) is 18.2 Å². The standard InChI is InChI=1S/C19H23N3O2/c1-24-17-9-8-16(12-17)22-19(23)21-13-14-5-4-6-15(11-14)18-7-2-3-10-20-18/h2-7,10-11,16-17H,8-9,12-13H2,1H3,(H2,21,22,23)/t16-,17-/m0/s1. The van der Waals surface area contributed by atoms with Gasteiger partial charge in [0.05, 0.1) is 11.8 Å². The second kappa shape index (κ2) is 7.93. The highest BCUT2D eigenvalue weighted by Gasteiger charge is 2.25. The van der Waals surface area contributed by atoms with Gasteiger partial charge in [-0.3, -0.25) is 4.98 Å². The Kier molecular flexibility index (Phi) is 5.43. The van der Waals surface area contributed by atoms with E-state index in [1.165, 1.54) is 0 Å². The first-order chi connectivity index (χ1) is 11.7. The van der Waals surface area contributed by atoms with Crippen LogP contribution in [0.15, 0.2) is 48.7 Å². The molecule has 0 saturated heterocycles. The summed E-state index contributed by atoms with van der Waals surface area (Å²) in [5.41, 5.74) is 3.03. The molecule has 3 rings (SSSR count). The lowest BCUT2D eigenvalue weighted by Gasteiger charge is -2.14. The number of hydrogen-bond donors (Lipinski definition) is 2. The summed E-state index contributed by atoms with van der Waals surface area (Å²) in [6.45, 7) is 0.493. The molecular formula is C19H23N3O2. The van der Waals surface area contributed by atoms with Crippen LogP contribution < -0.4 is 10.6 Å². The van der Waals surface area contributed by atoms with E-state index in [9.17, 15) is 4.79 Å². The smallest absolute Gasteiger partial charge is 0.315 e. The Hall–Kier alpha value is -2.40. The van der Waals surface area contributed by atoms with E-state index in [0.717, 1.165) is 36.1 Å². The van der Waals surface area contributed by atoms with E-state index in [1.54, 1.807) is 13.3 Å². The van der Waals surface area contributed by atoms with Gasteiger partial charge in [0.1, 0.15) is 0 Å². The number of ether oxygens (including phenoxy) is 1. The van der Waals surface area contributed by atoms with Gasteiger partial charge in [-0.15, -0.1) is 0 Å². The van der Waals surface area contributed by atoms with Gasteiger partial charge in [0.2, 0.25) is 0 Å². The molecule has 1 saturated carbocycles. The zero-order chi connectivity index (χ0) is 16.8. The zero-order valence-electron chi connectivity index (χ0n) is 13.9. The molecule has 0 bridgehead atoms. The van der Waals surface area contributed by atoms with Gasteiger partial charge in [0.25, 0.3) is 0 Å². The number of nitrogens with zero attached hydrogens (tertiary/aromatic N) is 1. The first kappa shape index (κ1) is 16.5. The fourth-order valence-corrected chi connectivity index (χ4v) is 3.08. The first-order valence-electron chi connectivity index (χ1n) is 8.32. The van der Waals surface area contributed by atoms with Crippen molar-refractivity contribution in [3.8, 4) is 11.3 Å². The Balaban J connectivity index is 1.52. The molecule has 126 valence electrons. The Morgan fingerprint density at radius 1 is 1.25 bits per heavy atom. The maximum Gasteiger partial charge on any atom is 0.315 e. The monoisotopic (exact) mass is 325 g/mol. The van der Waals surface area contributed by atoms with Crippen LogP contribution >= 0.6 is 0 Å². The average Bonchev–Trinajstić information content (AvgIpc) is 3.08. The molecule has 1 aromatic heterocycles. The molecule has 2 amide bonds.